The molecule has 0 aliphatic heterocycles. The molecule has 1 aromatic carbocycles. The highest BCUT2D eigenvalue weighted by Crippen LogP contribution is 2.28. The van der Waals surface area contributed by atoms with Gasteiger partial charge in [0, 0.05) is 30.0 Å². The number of halogens is 1. The monoisotopic (exact) mass is 684 g/mol. The molecule has 1 aliphatic carbocycles. The number of imidazole rings is 1. The van der Waals surface area contributed by atoms with Gasteiger partial charge < -0.3 is 25.5 Å². The summed E-state index contributed by atoms with van der Waals surface area (Å²) in [6, 6.07) is 11.3. The van der Waals surface area contributed by atoms with Crippen molar-refractivity contribution in [2.24, 2.45) is 11.1 Å². The number of fused-ring (bicyclic) bond motifs is 2. The van der Waals surface area contributed by atoms with Crippen LogP contribution in [0.5, 0.6) is 0 Å². The van der Waals surface area contributed by atoms with E-state index in [4.69, 9.17) is 10.5 Å². The molecule has 0 spiro atoms. The van der Waals surface area contributed by atoms with Gasteiger partial charge in [-0.3, -0.25) is 19.0 Å². The highest BCUT2D eigenvalue weighted by molar-refractivity contribution is 5.95. The van der Waals surface area contributed by atoms with Gasteiger partial charge in [0.1, 0.15) is 23.8 Å². The van der Waals surface area contributed by atoms with Crippen molar-refractivity contribution in [3.63, 3.8) is 0 Å². The predicted molar refractivity (Wildman–Crippen MR) is 182 cm³/mol. The first-order chi connectivity index (χ1) is 23.8. The number of ether oxygens (including phenoxy) is 1. The number of hydrogen-bond donors (Lipinski definition) is 3. The molecule has 15 heteroatoms. The van der Waals surface area contributed by atoms with E-state index in [2.05, 4.69) is 20.6 Å². The highest BCUT2D eigenvalue weighted by atomic mass is 19.1. The lowest BCUT2D eigenvalue weighted by Gasteiger charge is -2.31. The Hall–Kier alpha value is -5.86. The first-order valence-corrected chi connectivity index (χ1v) is 16.2. The van der Waals surface area contributed by atoms with Crippen molar-refractivity contribution in [3.8, 4) is 5.69 Å². The van der Waals surface area contributed by atoms with Crippen molar-refractivity contribution >= 4 is 34.6 Å². The van der Waals surface area contributed by atoms with Crippen LogP contribution in [0.25, 0.3) is 22.4 Å². The number of carbonyl (C=O) groups excluding carboxylic acids is 3. The summed E-state index contributed by atoms with van der Waals surface area (Å²) in [6.07, 6.45) is 5.16. The topological polar surface area (TPSA) is 185 Å². The van der Waals surface area contributed by atoms with Crippen LogP contribution < -0.4 is 27.6 Å². The maximum Gasteiger partial charge on any atom is 0.404 e. The molecule has 5 aromatic rings. The van der Waals surface area contributed by atoms with Gasteiger partial charge in [0.25, 0.3) is 17.4 Å². The molecule has 50 heavy (non-hydrogen) atoms. The summed E-state index contributed by atoms with van der Waals surface area (Å²) in [5, 5.41) is 5.77. The van der Waals surface area contributed by atoms with Gasteiger partial charge in [-0.1, -0.05) is 32.9 Å². The third-order valence-corrected chi connectivity index (χ3v) is 8.99. The first kappa shape index (κ1) is 34.0. The van der Waals surface area contributed by atoms with E-state index in [9.17, 15) is 28.4 Å². The second-order valence-corrected chi connectivity index (χ2v) is 13.5. The Bertz CT molecular complexity index is 2200. The van der Waals surface area contributed by atoms with Crippen LogP contribution >= 0.6 is 0 Å². The lowest BCUT2D eigenvalue weighted by molar-refractivity contribution is 0.0803. The molecule has 0 bridgehead atoms. The number of primary amides is 1. The van der Waals surface area contributed by atoms with E-state index in [0.29, 0.717) is 31.3 Å². The number of nitrogens with one attached hydrogen (secondary N) is 2. The van der Waals surface area contributed by atoms with E-state index in [-0.39, 0.29) is 46.5 Å². The average molecular weight is 685 g/mol. The SMILES string of the molecule is CC(C)(C)C(COC(N)=O)NC(=O)c1cccc(-n2c(=O)n(C3CCC(NC(=O)c4cn5ccccc5n4)CC3)c(=O)c3cc(F)cnc32)c1. The van der Waals surface area contributed by atoms with Crippen LogP contribution in [-0.4, -0.2) is 60.1 Å². The van der Waals surface area contributed by atoms with Crippen molar-refractivity contribution in [2.45, 2.75) is 64.6 Å². The minimum absolute atomic E-state index is 0.0639. The zero-order chi connectivity index (χ0) is 35.7. The van der Waals surface area contributed by atoms with E-state index < -0.39 is 46.6 Å². The van der Waals surface area contributed by atoms with Gasteiger partial charge in [0.05, 0.1) is 23.3 Å². The van der Waals surface area contributed by atoms with Gasteiger partial charge in [0.15, 0.2) is 5.65 Å². The molecule has 1 unspecified atom stereocenters. The number of amides is 3. The summed E-state index contributed by atoms with van der Waals surface area (Å²) in [5.41, 5.74) is 4.53. The summed E-state index contributed by atoms with van der Waals surface area (Å²) < 4.78 is 23.5. The standard InChI is InChI=1S/C35H37FN8O6/c1-35(2,3)27(19-50-33(37)48)41-30(45)20-7-6-8-24(15-20)43-29-25(16-21(36)17-38-29)32(47)44(34(43)49)23-12-10-22(11-13-23)39-31(46)26-18-42-14-5-4-9-28(42)40-26/h4-9,14-18,22-23,27H,10-13,19H2,1-3H3,(H2,37,48)(H,39,46)(H,41,45). The lowest BCUT2D eigenvalue weighted by atomic mass is 9.87. The van der Waals surface area contributed by atoms with E-state index in [1.807, 2.05) is 32.9 Å². The van der Waals surface area contributed by atoms with Crippen LogP contribution in [-0.2, 0) is 4.74 Å². The zero-order valence-corrected chi connectivity index (χ0v) is 27.8. The predicted octanol–water partition coefficient (Wildman–Crippen LogP) is 3.49. The average Bonchev–Trinajstić information content (AvgIpc) is 3.52. The normalized spacial score (nSPS) is 17.0. The number of rotatable bonds is 8. The molecule has 4 N–H and O–H groups in total. The second-order valence-electron chi connectivity index (χ2n) is 13.5. The molecule has 4 aromatic heterocycles. The van der Waals surface area contributed by atoms with Gasteiger partial charge in [-0.05, 0) is 67.5 Å². The van der Waals surface area contributed by atoms with Crippen LogP contribution in [0.3, 0.4) is 0 Å². The van der Waals surface area contributed by atoms with Crippen LogP contribution in [0.15, 0.2) is 76.7 Å². The molecule has 260 valence electrons. The molecule has 1 saturated carbocycles. The molecule has 1 fully saturated rings. The molecular formula is C35H37FN8O6. The van der Waals surface area contributed by atoms with Crippen molar-refractivity contribution in [2.75, 3.05) is 6.61 Å². The number of aromatic nitrogens is 5. The minimum atomic E-state index is -0.970. The van der Waals surface area contributed by atoms with Crippen LogP contribution in [0.4, 0.5) is 9.18 Å². The Kier molecular flexibility index (Phi) is 9.23. The van der Waals surface area contributed by atoms with Crippen molar-refractivity contribution in [1.82, 2.24) is 34.1 Å². The molecule has 6 rings (SSSR count). The Morgan fingerprint density at radius 3 is 2.50 bits per heavy atom. The van der Waals surface area contributed by atoms with Crippen molar-refractivity contribution < 1.29 is 23.5 Å². The number of nitrogens with two attached hydrogens (primary N) is 1. The molecule has 1 atom stereocenters. The maximum absolute atomic E-state index is 14.5. The Balaban J connectivity index is 1.28. The summed E-state index contributed by atoms with van der Waals surface area (Å²) in [6.45, 7) is 5.44. The fourth-order valence-corrected chi connectivity index (χ4v) is 6.22. The zero-order valence-electron chi connectivity index (χ0n) is 27.8. The third kappa shape index (κ3) is 6.97. The van der Waals surface area contributed by atoms with Crippen LogP contribution in [0.1, 0.15) is 73.3 Å². The lowest BCUT2D eigenvalue weighted by Crippen LogP contribution is -2.47. The van der Waals surface area contributed by atoms with Crippen molar-refractivity contribution in [3.05, 3.63) is 105 Å². The Morgan fingerprint density at radius 2 is 1.80 bits per heavy atom. The molecule has 4 heterocycles. The summed E-state index contributed by atoms with van der Waals surface area (Å²) in [5.74, 6) is -1.57. The Labute approximate surface area is 285 Å². The quantitative estimate of drug-likeness (QED) is 0.222. The summed E-state index contributed by atoms with van der Waals surface area (Å²) in [7, 11) is 0. The number of carbonyl (C=O) groups is 3. The van der Waals surface area contributed by atoms with Gasteiger partial charge >= 0.3 is 11.8 Å². The smallest absolute Gasteiger partial charge is 0.404 e. The first-order valence-electron chi connectivity index (χ1n) is 16.2. The molecule has 0 radical (unpaired) electrons. The van der Waals surface area contributed by atoms with Crippen molar-refractivity contribution in [1.29, 1.82) is 0 Å². The number of hydrogen-bond acceptors (Lipinski definition) is 8. The van der Waals surface area contributed by atoms with Crippen LogP contribution in [0, 0.1) is 11.2 Å². The minimum Gasteiger partial charge on any atom is -0.448 e. The number of nitrogens with zero attached hydrogens (tertiary/aromatic N) is 5. The van der Waals surface area contributed by atoms with Gasteiger partial charge in [-0.2, -0.15) is 0 Å². The molecule has 1 aliphatic rings. The molecule has 14 nitrogen and oxygen atoms in total. The van der Waals surface area contributed by atoms with Gasteiger partial charge in [-0.15, -0.1) is 0 Å². The fraction of sp³-hybridized carbons (Fsp3) is 0.343. The second kappa shape index (κ2) is 13.6. The summed E-state index contributed by atoms with van der Waals surface area (Å²) >= 11 is 0. The summed E-state index contributed by atoms with van der Waals surface area (Å²) in [4.78, 5) is 74.1. The van der Waals surface area contributed by atoms with E-state index in [1.165, 1.54) is 10.6 Å². The molecule has 0 saturated heterocycles. The number of pyridine rings is 2. The Morgan fingerprint density at radius 1 is 1.04 bits per heavy atom. The van der Waals surface area contributed by atoms with Gasteiger partial charge in [-0.25, -0.2) is 28.5 Å². The largest absolute Gasteiger partial charge is 0.448 e. The van der Waals surface area contributed by atoms with Gasteiger partial charge in [0.2, 0.25) is 0 Å². The molecule has 3 amide bonds. The third-order valence-electron chi connectivity index (χ3n) is 8.99. The fourth-order valence-electron chi connectivity index (χ4n) is 6.22. The van der Waals surface area contributed by atoms with E-state index in [0.717, 1.165) is 16.8 Å². The maximum atomic E-state index is 14.5. The van der Waals surface area contributed by atoms with Crippen LogP contribution in [0.2, 0.25) is 0 Å². The number of benzene rings is 1. The highest BCUT2D eigenvalue weighted by Gasteiger charge is 2.30. The van der Waals surface area contributed by atoms with E-state index in [1.54, 1.807) is 41.1 Å². The van der Waals surface area contributed by atoms with E-state index >= 15 is 0 Å². The molecular weight excluding hydrogens is 647 g/mol.